The van der Waals surface area contributed by atoms with Crippen LogP contribution in [-0.4, -0.2) is 5.91 Å². The average molecular weight is 294 g/mol. The number of nitrogens with one attached hydrogen (secondary N) is 1. The second-order valence-electron chi connectivity index (χ2n) is 4.42. The van der Waals surface area contributed by atoms with Gasteiger partial charge in [-0.2, -0.15) is 13.2 Å². The lowest BCUT2D eigenvalue weighted by atomic mass is 10.1. The molecule has 2 rings (SSSR count). The monoisotopic (exact) mass is 294 g/mol. The number of carbonyl (C=O) groups is 1. The standard InChI is InChI=1S/C15H13F3N2O/c16-15(17,18)12-7-3-1-5-10(12)9-20-14(21)11-6-2-4-8-13(11)19/h1-8H,9,19H2,(H,20,21). The lowest BCUT2D eigenvalue weighted by Crippen LogP contribution is -2.25. The van der Waals surface area contributed by atoms with Crippen molar-refractivity contribution < 1.29 is 18.0 Å². The largest absolute Gasteiger partial charge is 0.416 e. The summed E-state index contributed by atoms with van der Waals surface area (Å²) in [6.07, 6.45) is -4.45. The Labute approximate surface area is 119 Å². The van der Waals surface area contributed by atoms with Crippen LogP contribution in [0.1, 0.15) is 21.5 Å². The summed E-state index contributed by atoms with van der Waals surface area (Å²) >= 11 is 0. The van der Waals surface area contributed by atoms with Gasteiger partial charge in [0.2, 0.25) is 0 Å². The van der Waals surface area contributed by atoms with E-state index < -0.39 is 17.6 Å². The van der Waals surface area contributed by atoms with Crippen molar-refractivity contribution in [3.05, 3.63) is 65.2 Å². The maximum atomic E-state index is 12.8. The summed E-state index contributed by atoms with van der Waals surface area (Å²) in [4.78, 5) is 11.9. The van der Waals surface area contributed by atoms with E-state index in [4.69, 9.17) is 5.73 Å². The Morgan fingerprint density at radius 2 is 1.67 bits per heavy atom. The minimum atomic E-state index is -4.45. The molecule has 0 radical (unpaired) electrons. The van der Waals surface area contributed by atoms with E-state index in [0.29, 0.717) is 0 Å². The zero-order chi connectivity index (χ0) is 15.5. The summed E-state index contributed by atoms with van der Waals surface area (Å²) in [5.74, 6) is -0.509. The highest BCUT2D eigenvalue weighted by Gasteiger charge is 2.32. The third-order valence-electron chi connectivity index (χ3n) is 2.97. The van der Waals surface area contributed by atoms with E-state index in [9.17, 15) is 18.0 Å². The number of carbonyl (C=O) groups excluding carboxylic acids is 1. The average Bonchev–Trinajstić information content (AvgIpc) is 2.44. The number of nitrogen functional groups attached to an aromatic ring is 1. The summed E-state index contributed by atoms with van der Waals surface area (Å²) in [5.41, 5.74) is 5.41. The van der Waals surface area contributed by atoms with Crippen LogP contribution >= 0.6 is 0 Å². The van der Waals surface area contributed by atoms with Crippen molar-refractivity contribution in [3.8, 4) is 0 Å². The fourth-order valence-electron chi connectivity index (χ4n) is 1.93. The minimum absolute atomic E-state index is 0.00727. The van der Waals surface area contributed by atoms with Gasteiger partial charge in [-0.1, -0.05) is 30.3 Å². The maximum Gasteiger partial charge on any atom is 0.416 e. The van der Waals surface area contributed by atoms with Gasteiger partial charge in [-0.15, -0.1) is 0 Å². The molecule has 110 valence electrons. The molecule has 0 aromatic heterocycles. The van der Waals surface area contributed by atoms with Gasteiger partial charge < -0.3 is 11.1 Å². The number of rotatable bonds is 3. The van der Waals surface area contributed by atoms with Crippen molar-refractivity contribution in [3.63, 3.8) is 0 Å². The molecule has 0 aliphatic rings. The third-order valence-corrected chi connectivity index (χ3v) is 2.97. The Balaban J connectivity index is 2.14. The maximum absolute atomic E-state index is 12.8. The molecule has 0 spiro atoms. The molecule has 0 aliphatic heterocycles. The number of benzene rings is 2. The van der Waals surface area contributed by atoms with Crippen LogP contribution in [0.5, 0.6) is 0 Å². The van der Waals surface area contributed by atoms with E-state index in [1.165, 1.54) is 24.3 Å². The molecular formula is C15H13F3N2O. The molecule has 0 bridgehead atoms. The highest BCUT2D eigenvalue weighted by Crippen LogP contribution is 2.31. The van der Waals surface area contributed by atoms with Crippen LogP contribution in [0.25, 0.3) is 0 Å². The summed E-state index contributed by atoms with van der Waals surface area (Å²) in [7, 11) is 0. The van der Waals surface area contributed by atoms with Crippen molar-refractivity contribution in [1.29, 1.82) is 0 Å². The highest BCUT2D eigenvalue weighted by atomic mass is 19.4. The first-order valence-corrected chi connectivity index (χ1v) is 6.17. The Bertz CT molecular complexity index is 653. The number of hydrogen-bond acceptors (Lipinski definition) is 2. The van der Waals surface area contributed by atoms with Gasteiger partial charge in [-0.05, 0) is 23.8 Å². The van der Waals surface area contributed by atoms with Crippen molar-refractivity contribution in [2.45, 2.75) is 12.7 Å². The summed E-state index contributed by atoms with van der Waals surface area (Å²) < 4.78 is 38.5. The van der Waals surface area contributed by atoms with Crippen molar-refractivity contribution in [1.82, 2.24) is 5.32 Å². The first kappa shape index (κ1) is 14.9. The molecule has 0 saturated heterocycles. The Hall–Kier alpha value is -2.50. The molecule has 2 aromatic rings. The molecule has 0 fully saturated rings. The van der Waals surface area contributed by atoms with Crippen LogP contribution in [0, 0.1) is 0 Å². The first-order valence-electron chi connectivity index (χ1n) is 6.17. The highest BCUT2D eigenvalue weighted by molar-refractivity contribution is 5.99. The van der Waals surface area contributed by atoms with Gasteiger partial charge in [0.15, 0.2) is 0 Å². The number of nitrogens with two attached hydrogens (primary N) is 1. The van der Waals surface area contributed by atoms with Gasteiger partial charge in [0, 0.05) is 12.2 Å². The Morgan fingerprint density at radius 3 is 2.33 bits per heavy atom. The number of amides is 1. The molecule has 6 heteroatoms. The third kappa shape index (κ3) is 3.53. The molecule has 0 unspecified atom stereocenters. The van der Waals surface area contributed by atoms with Gasteiger partial charge in [-0.25, -0.2) is 0 Å². The van der Waals surface area contributed by atoms with Crippen LogP contribution < -0.4 is 11.1 Å². The lowest BCUT2D eigenvalue weighted by Gasteiger charge is -2.13. The molecule has 1 amide bonds. The first-order chi connectivity index (χ1) is 9.89. The Morgan fingerprint density at radius 1 is 1.05 bits per heavy atom. The van der Waals surface area contributed by atoms with E-state index in [1.54, 1.807) is 18.2 Å². The Kier molecular flexibility index (Phi) is 4.16. The van der Waals surface area contributed by atoms with Gasteiger partial charge in [-0.3, -0.25) is 4.79 Å². The molecule has 3 nitrogen and oxygen atoms in total. The minimum Gasteiger partial charge on any atom is -0.398 e. The second-order valence-corrected chi connectivity index (χ2v) is 4.42. The predicted octanol–water partition coefficient (Wildman–Crippen LogP) is 3.22. The zero-order valence-corrected chi connectivity index (χ0v) is 10.9. The van der Waals surface area contributed by atoms with E-state index in [0.717, 1.165) is 6.07 Å². The fourth-order valence-corrected chi connectivity index (χ4v) is 1.93. The molecule has 2 aromatic carbocycles. The summed E-state index contributed by atoms with van der Waals surface area (Å²) in [5, 5.41) is 2.45. The second kappa shape index (κ2) is 5.87. The number of alkyl halides is 3. The quantitative estimate of drug-likeness (QED) is 0.854. The molecule has 0 saturated carbocycles. The van der Waals surface area contributed by atoms with Gasteiger partial charge >= 0.3 is 6.18 Å². The molecule has 0 heterocycles. The SMILES string of the molecule is Nc1ccccc1C(=O)NCc1ccccc1C(F)(F)F. The number of para-hydroxylation sites is 1. The van der Waals surface area contributed by atoms with E-state index in [-0.39, 0.29) is 23.4 Å². The van der Waals surface area contributed by atoms with Crippen LogP contribution in [0.4, 0.5) is 18.9 Å². The molecular weight excluding hydrogens is 281 g/mol. The van der Waals surface area contributed by atoms with E-state index in [1.807, 2.05) is 0 Å². The van der Waals surface area contributed by atoms with Crippen LogP contribution in [0.3, 0.4) is 0 Å². The van der Waals surface area contributed by atoms with E-state index in [2.05, 4.69) is 5.32 Å². The smallest absolute Gasteiger partial charge is 0.398 e. The van der Waals surface area contributed by atoms with Crippen LogP contribution in [0.2, 0.25) is 0 Å². The van der Waals surface area contributed by atoms with Gasteiger partial charge in [0.25, 0.3) is 5.91 Å². The van der Waals surface area contributed by atoms with Crippen LogP contribution in [-0.2, 0) is 12.7 Å². The fraction of sp³-hybridized carbons (Fsp3) is 0.133. The summed E-state index contributed by atoms with van der Waals surface area (Å²) in [6, 6.07) is 11.5. The number of halogens is 3. The number of anilines is 1. The lowest BCUT2D eigenvalue weighted by molar-refractivity contribution is -0.138. The van der Waals surface area contributed by atoms with Gasteiger partial charge in [0.05, 0.1) is 11.1 Å². The number of hydrogen-bond donors (Lipinski definition) is 2. The molecule has 0 aliphatic carbocycles. The normalized spacial score (nSPS) is 11.2. The van der Waals surface area contributed by atoms with Gasteiger partial charge in [0.1, 0.15) is 0 Å². The zero-order valence-electron chi connectivity index (χ0n) is 10.9. The topological polar surface area (TPSA) is 55.1 Å². The summed E-state index contributed by atoms with van der Waals surface area (Å²) in [6.45, 7) is -0.219. The van der Waals surface area contributed by atoms with Crippen molar-refractivity contribution in [2.75, 3.05) is 5.73 Å². The molecule has 3 N–H and O–H groups in total. The predicted molar refractivity (Wildman–Crippen MR) is 73.5 cm³/mol. The molecule has 21 heavy (non-hydrogen) atoms. The van der Waals surface area contributed by atoms with E-state index >= 15 is 0 Å². The molecule has 0 atom stereocenters. The van der Waals surface area contributed by atoms with Crippen molar-refractivity contribution >= 4 is 11.6 Å². The van der Waals surface area contributed by atoms with Crippen molar-refractivity contribution in [2.24, 2.45) is 0 Å². The van der Waals surface area contributed by atoms with Crippen LogP contribution in [0.15, 0.2) is 48.5 Å².